The summed E-state index contributed by atoms with van der Waals surface area (Å²) >= 11 is 9.51. The molecule has 0 fully saturated rings. The Morgan fingerprint density at radius 2 is 2.15 bits per heavy atom. The Hall–Kier alpha value is -0.550. The lowest BCUT2D eigenvalue weighted by atomic mass is 10.2. The van der Waals surface area contributed by atoms with E-state index in [1.165, 1.54) is 9.77 Å². The van der Waals surface area contributed by atoms with Gasteiger partial charge in [0.2, 0.25) is 0 Å². The quantitative estimate of drug-likeness (QED) is 0.723. The summed E-state index contributed by atoms with van der Waals surface area (Å²) in [6, 6.07) is 8.53. The highest BCUT2D eigenvalue weighted by atomic mass is 35.5. The normalized spacial score (nSPS) is 12.5. The van der Waals surface area contributed by atoms with Crippen molar-refractivity contribution in [3.8, 4) is 0 Å². The highest BCUT2D eigenvalue weighted by Gasteiger charge is 2.10. The minimum Gasteiger partial charge on any atom is -0.313 e. The average Bonchev–Trinajstić information content (AvgIpc) is 2.96. The molecule has 1 unspecified atom stereocenters. The predicted molar refractivity (Wildman–Crippen MR) is 90.1 cm³/mol. The van der Waals surface area contributed by atoms with Gasteiger partial charge in [-0.2, -0.15) is 0 Å². The van der Waals surface area contributed by atoms with Crippen molar-refractivity contribution in [3.05, 3.63) is 45.9 Å². The van der Waals surface area contributed by atoms with Crippen molar-refractivity contribution >= 4 is 34.7 Å². The lowest BCUT2D eigenvalue weighted by Crippen LogP contribution is -2.33. The molecule has 1 N–H and O–H groups in total. The zero-order valence-corrected chi connectivity index (χ0v) is 13.9. The molecule has 2 nitrogen and oxygen atoms in total. The lowest BCUT2D eigenvalue weighted by Gasteiger charge is -2.17. The maximum Gasteiger partial charge on any atom is 0.0794 e. The third-order valence-electron chi connectivity index (χ3n) is 2.88. The first-order chi connectivity index (χ1) is 9.78. The van der Waals surface area contributed by atoms with Gasteiger partial charge in [0.15, 0.2) is 0 Å². The molecule has 2 aromatic rings. The standard InChI is InChI=1S/C15H19ClN2S2/c1-2-7-18-13(8-15-9-17-11-20-15)10-19-14-5-3-12(16)4-6-14/h3-6,9,11,13,18H,2,7-8,10H2,1H3. The van der Waals surface area contributed by atoms with Crippen LogP contribution < -0.4 is 5.32 Å². The zero-order valence-electron chi connectivity index (χ0n) is 11.5. The second kappa shape index (κ2) is 8.67. The van der Waals surface area contributed by atoms with E-state index in [0.717, 1.165) is 30.2 Å². The topological polar surface area (TPSA) is 24.9 Å². The summed E-state index contributed by atoms with van der Waals surface area (Å²) in [7, 11) is 0. The Labute approximate surface area is 134 Å². The number of halogens is 1. The number of thioether (sulfide) groups is 1. The summed E-state index contributed by atoms with van der Waals surface area (Å²) in [5.74, 6) is 1.06. The zero-order chi connectivity index (χ0) is 14.2. The number of nitrogens with one attached hydrogen (secondary N) is 1. The van der Waals surface area contributed by atoms with Crippen LogP contribution in [0.4, 0.5) is 0 Å². The molecule has 1 aromatic heterocycles. The predicted octanol–water partition coefficient (Wildman–Crippen LogP) is 4.50. The molecule has 20 heavy (non-hydrogen) atoms. The number of hydrogen-bond acceptors (Lipinski definition) is 4. The van der Waals surface area contributed by atoms with Crippen molar-refractivity contribution in [1.29, 1.82) is 0 Å². The van der Waals surface area contributed by atoms with Crippen molar-refractivity contribution in [2.24, 2.45) is 0 Å². The summed E-state index contributed by atoms with van der Waals surface area (Å²) in [6.45, 7) is 3.26. The van der Waals surface area contributed by atoms with E-state index in [1.807, 2.05) is 35.6 Å². The van der Waals surface area contributed by atoms with Crippen molar-refractivity contribution in [2.75, 3.05) is 12.3 Å². The Morgan fingerprint density at radius 1 is 1.35 bits per heavy atom. The summed E-state index contributed by atoms with van der Waals surface area (Å²) in [4.78, 5) is 6.76. The summed E-state index contributed by atoms with van der Waals surface area (Å²) in [6.07, 6.45) is 4.17. The fraction of sp³-hybridized carbons (Fsp3) is 0.400. The smallest absolute Gasteiger partial charge is 0.0794 e. The molecule has 0 bridgehead atoms. The fourth-order valence-electron chi connectivity index (χ4n) is 1.85. The number of nitrogens with zero attached hydrogens (tertiary/aromatic N) is 1. The molecule has 1 heterocycles. The number of benzene rings is 1. The molecule has 1 atom stereocenters. The van der Waals surface area contributed by atoms with Gasteiger partial charge >= 0.3 is 0 Å². The lowest BCUT2D eigenvalue weighted by molar-refractivity contribution is 0.553. The van der Waals surface area contributed by atoms with E-state index in [4.69, 9.17) is 11.6 Å². The highest BCUT2D eigenvalue weighted by molar-refractivity contribution is 7.99. The van der Waals surface area contributed by atoms with Gasteiger partial charge in [-0.1, -0.05) is 18.5 Å². The van der Waals surface area contributed by atoms with Crippen molar-refractivity contribution in [3.63, 3.8) is 0 Å². The molecule has 0 radical (unpaired) electrons. The molecule has 108 valence electrons. The van der Waals surface area contributed by atoms with Crippen LogP contribution in [-0.4, -0.2) is 23.3 Å². The van der Waals surface area contributed by atoms with E-state index in [9.17, 15) is 0 Å². The summed E-state index contributed by atoms with van der Waals surface area (Å²) < 4.78 is 0. The van der Waals surface area contributed by atoms with Gasteiger partial charge in [0.25, 0.3) is 0 Å². The van der Waals surface area contributed by atoms with Gasteiger partial charge < -0.3 is 5.32 Å². The first kappa shape index (κ1) is 15.8. The van der Waals surface area contributed by atoms with E-state index in [0.29, 0.717) is 6.04 Å². The highest BCUT2D eigenvalue weighted by Crippen LogP contribution is 2.22. The minimum absolute atomic E-state index is 0.482. The first-order valence-electron chi connectivity index (χ1n) is 6.77. The molecule has 0 amide bonds. The maximum absolute atomic E-state index is 5.91. The molecule has 0 aliphatic heterocycles. The molecular weight excluding hydrogens is 308 g/mol. The molecule has 0 saturated carbocycles. The van der Waals surface area contributed by atoms with Crippen molar-refractivity contribution in [1.82, 2.24) is 10.3 Å². The molecule has 0 aliphatic carbocycles. The van der Waals surface area contributed by atoms with E-state index in [1.54, 1.807) is 11.3 Å². The average molecular weight is 327 g/mol. The van der Waals surface area contributed by atoms with Crippen LogP contribution in [0.3, 0.4) is 0 Å². The van der Waals surface area contributed by atoms with Gasteiger partial charge in [-0.25, -0.2) is 0 Å². The second-order valence-corrected chi connectivity index (χ2v) is 7.09. The molecule has 2 rings (SSSR count). The van der Waals surface area contributed by atoms with Crippen LogP contribution in [0.1, 0.15) is 18.2 Å². The third kappa shape index (κ3) is 5.44. The van der Waals surface area contributed by atoms with Crippen LogP contribution in [-0.2, 0) is 6.42 Å². The number of hydrogen-bond donors (Lipinski definition) is 1. The number of thiazole rings is 1. The van der Waals surface area contributed by atoms with Crippen molar-refractivity contribution < 1.29 is 0 Å². The van der Waals surface area contributed by atoms with Gasteiger partial charge in [-0.05, 0) is 43.7 Å². The van der Waals surface area contributed by atoms with E-state index >= 15 is 0 Å². The molecule has 0 saturated heterocycles. The molecule has 1 aromatic carbocycles. The van der Waals surface area contributed by atoms with Gasteiger partial charge in [0.1, 0.15) is 0 Å². The molecule has 5 heteroatoms. The van der Waals surface area contributed by atoms with Crippen LogP contribution >= 0.6 is 34.7 Å². The molecule has 0 aliphatic rings. The van der Waals surface area contributed by atoms with Crippen LogP contribution in [0.15, 0.2) is 40.9 Å². The Balaban J connectivity index is 1.87. The largest absolute Gasteiger partial charge is 0.313 e. The SMILES string of the molecule is CCCNC(CSc1ccc(Cl)cc1)Cc1cncs1. The maximum atomic E-state index is 5.91. The van der Waals surface area contributed by atoms with E-state index in [2.05, 4.69) is 29.4 Å². The van der Waals surface area contributed by atoms with Crippen LogP contribution in [0.2, 0.25) is 5.02 Å². The number of rotatable bonds is 8. The van der Waals surface area contributed by atoms with Gasteiger partial charge in [-0.15, -0.1) is 23.1 Å². The Kier molecular flexibility index (Phi) is 6.87. The summed E-state index contributed by atoms with van der Waals surface area (Å²) in [5.41, 5.74) is 1.90. The first-order valence-corrected chi connectivity index (χ1v) is 9.01. The third-order valence-corrected chi connectivity index (χ3v) is 5.11. The van der Waals surface area contributed by atoms with Crippen molar-refractivity contribution in [2.45, 2.75) is 30.7 Å². The van der Waals surface area contributed by atoms with E-state index in [-0.39, 0.29) is 0 Å². The van der Waals surface area contributed by atoms with Crippen LogP contribution in [0.5, 0.6) is 0 Å². The van der Waals surface area contributed by atoms with Gasteiger partial charge in [0.05, 0.1) is 5.51 Å². The Morgan fingerprint density at radius 3 is 2.80 bits per heavy atom. The van der Waals surface area contributed by atoms with E-state index < -0.39 is 0 Å². The monoisotopic (exact) mass is 326 g/mol. The van der Waals surface area contributed by atoms with Gasteiger partial charge in [0, 0.05) is 32.8 Å². The van der Waals surface area contributed by atoms with Gasteiger partial charge in [-0.3, -0.25) is 4.98 Å². The Bertz CT molecular complexity index is 485. The van der Waals surface area contributed by atoms with Crippen LogP contribution in [0, 0.1) is 0 Å². The summed E-state index contributed by atoms with van der Waals surface area (Å²) in [5, 5.41) is 4.41. The number of aromatic nitrogens is 1. The second-order valence-electron chi connectivity index (χ2n) is 4.59. The minimum atomic E-state index is 0.482. The molecule has 0 spiro atoms. The van der Waals surface area contributed by atoms with Crippen LogP contribution in [0.25, 0.3) is 0 Å². The molecular formula is C15H19ClN2S2. The fourth-order valence-corrected chi connectivity index (χ4v) is 3.61.